The normalized spacial score (nSPS) is 11.2. The van der Waals surface area contributed by atoms with Crippen LogP contribution in [0.15, 0.2) is 63.4 Å². The standard InChI is InChI=1S/C19H19N3O5S2/c1-13-17(9-11-27-13)19(24)22-21-18(23)14-4-6-16(7-5-14)29(25,26)20-10-8-15-3-2-12-28-15/h2-7,9,11-12,20H,8,10H2,1H3,(H,21,23)(H,22,24). The Hall–Kier alpha value is -2.95. The molecule has 2 heterocycles. The third-order valence-corrected chi connectivity index (χ3v) is 6.48. The summed E-state index contributed by atoms with van der Waals surface area (Å²) in [5, 5.41) is 1.94. The van der Waals surface area contributed by atoms with Crippen molar-refractivity contribution in [1.82, 2.24) is 15.6 Å². The first-order valence-corrected chi connectivity index (χ1v) is 11.0. The molecule has 0 aliphatic heterocycles. The molecule has 3 N–H and O–H groups in total. The zero-order valence-electron chi connectivity index (χ0n) is 15.5. The van der Waals surface area contributed by atoms with Gasteiger partial charge in [0.2, 0.25) is 10.0 Å². The van der Waals surface area contributed by atoms with Crippen LogP contribution in [-0.4, -0.2) is 26.8 Å². The van der Waals surface area contributed by atoms with Crippen molar-refractivity contribution < 1.29 is 22.4 Å². The molecular formula is C19H19N3O5S2. The van der Waals surface area contributed by atoms with Crippen LogP contribution in [0, 0.1) is 6.92 Å². The molecule has 0 radical (unpaired) electrons. The van der Waals surface area contributed by atoms with Crippen molar-refractivity contribution in [2.24, 2.45) is 0 Å². The van der Waals surface area contributed by atoms with Crippen LogP contribution in [0.5, 0.6) is 0 Å². The van der Waals surface area contributed by atoms with E-state index in [9.17, 15) is 18.0 Å². The molecule has 1 aromatic carbocycles. The van der Waals surface area contributed by atoms with Gasteiger partial charge in [-0.15, -0.1) is 11.3 Å². The molecule has 0 aliphatic carbocycles. The predicted molar refractivity (Wildman–Crippen MR) is 108 cm³/mol. The minimum Gasteiger partial charge on any atom is -0.469 e. The van der Waals surface area contributed by atoms with E-state index in [1.807, 2.05) is 17.5 Å². The summed E-state index contributed by atoms with van der Waals surface area (Å²) in [6.45, 7) is 1.91. The van der Waals surface area contributed by atoms with Crippen molar-refractivity contribution in [3.8, 4) is 0 Å². The Morgan fingerprint density at radius 3 is 2.38 bits per heavy atom. The Balaban J connectivity index is 1.55. The fourth-order valence-electron chi connectivity index (χ4n) is 2.51. The molecule has 0 fully saturated rings. The van der Waals surface area contributed by atoms with Crippen LogP contribution in [-0.2, 0) is 16.4 Å². The maximum absolute atomic E-state index is 12.3. The molecule has 0 aliphatic rings. The lowest BCUT2D eigenvalue weighted by Crippen LogP contribution is -2.41. The van der Waals surface area contributed by atoms with Crippen molar-refractivity contribution in [3.05, 3.63) is 75.9 Å². The highest BCUT2D eigenvalue weighted by molar-refractivity contribution is 7.89. The monoisotopic (exact) mass is 433 g/mol. The number of thiophene rings is 1. The summed E-state index contributed by atoms with van der Waals surface area (Å²) >= 11 is 1.57. The molecule has 152 valence electrons. The van der Waals surface area contributed by atoms with Gasteiger partial charge in [0.25, 0.3) is 11.8 Å². The first kappa shape index (κ1) is 20.8. The summed E-state index contributed by atoms with van der Waals surface area (Å²) in [4.78, 5) is 25.3. The lowest BCUT2D eigenvalue weighted by atomic mass is 10.2. The number of rotatable bonds is 7. The summed E-state index contributed by atoms with van der Waals surface area (Å²) in [6, 6.07) is 10.8. The first-order valence-electron chi connectivity index (χ1n) is 8.64. The highest BCUT2D eigenvalue weighted by atomic mass is 32.2. The van der Waals surface area contributed by atoms with Crippen molar-refractivity contribution >= 4 is 33.2 Å². The first-order chi connectivity index (χ1) is 13.9. The van der Waals surface area contributed by atoms with Gasteiger partial charge in [-0.3, -0.25) is 20.4 Å². The SMILES string of the molecule is Cc1occc1C(=O)NNC(=O)c1ccc(S(=O)(=O)NCCc2cccs2)cc1. The summed E-state index contributed by atoms with van der Waals surface area (Å²) in [5.41, 5.74) is 5.07. The summed E-state index contributed by atoms with van der Waals surface area (Å²) < 4.78 is 32.3. The van der Waals surface area contributed by atoms with Crippen molar-refractivity contribution in [2.75, 3.05) is 6.54 Å². The van der Waals surface area contributed by atoms with Gasteiger partial charge in [-0.2, -0.15) is 0 Å². The molecule has 29 heavy (non-hydrogen) atoms. The van der Waals surface area contributed by atoms with Crippen molar-refractivity contribution in [3.63, 3.8) is 0 Å². The number of sulfonamides is 1. The van der Waals surface area contributed by atoms with E-state index in [-0.39, 0.29) is 17.0 Å². The zero-order chi connectivity index (χ0) is 20.9. The molecule has 0 bridgehead atoms. The van der Waals surface area contributed by atoms with Crippen LogP contribution in [0.25, 0.3) is 0 Å². The van der Waals surface area contributed by atoms with E-state index in [1.165, 1.54) is 36.6 Å². The highest BCUT2D eigenvalue weighted by Crippen LogP contribution is 2.12. The lowest BCUT2D eigenvalue weighted by molar-refractivity contribution is 0.0845. The number of amides is 2. The van der Waals surface area contributed by atoms with Gasteiger partial charge in [0.05, 0.1) is 16.7 Å². The largest absolute Gasteiger partial charge is 0.469 e. The molecule has 0 saturated carbocycles. The topological polar surface area (TPSA) is 118 Å². The van der Waals surface area contributed by atoms with E-state index in [2.05, 4.69) is 15.6 Å². The minimum atomic E-state index is -3.67. The fraction of sp³-hybridized carbons (Fsp3) is 0.158. The number of nitrogens with one attached hydrogen (secondary N) is 3. The van der Waals surface area contributed by atoms with Gasteiger partial charge in [-0.1, -0.05) is 6.07 Å². The molecule has 8 nitrogen and oxygen atoms in total. The van der Waals surface area contributed by atoms with Crippen LogP contribution in [0.3, 0.4) is 0 Å². The molecule has 0 atom stereocenters. The van der Waals surface area contributed by atoms with Crippen LogP contribution in [0.1, 0.15) is 31.4 Å². The van der Waals surface area contributed by atoms with Crippen molar-refractivity contribution in [1.29, 1.82) is 0 Å². The highest BCUT2D eigenvalue weighted by Gasteiger charge is 2.16. The number of hydrazine groups is 1. The van der Waals surface area contributed by atoms with Crippen LogP contribution in [0.2, 0.25) is 0 Å². The maximum atomic E-state index is 12.3. The lowest BCUT2D eigenvalue weighted by Gasteiger charge is -2.09. The summed E-state index contributed by atoms with van der Waals surface area (Å²) in [6.07, 6.45) is 1.98. The smallest absolute Gasteiger partial charge is 0.273 e. The fourth-order valence-corrected chi connectivity index (χ4v) is 4.25. The molecule has 0 saturated heterocycles. The summed E-state index contributed by atoms with van der Waals surface area (Å²) in [7, 11) is -3.67. The molecule has 3 rings (SSSR count). The second kappa shape index (κ2) is 9.03. The summed E-state index contributed by atoms with van der Waals surface area (Å²) in [5.74, 6) is -0.661. The number of hydrogen-bond acceptors (Lipinski definition) is 6. The van der Waals surface area contributed by atoms with E-state index in [1.54, 1.807) is 18.3 Å². The van der Waals surface area contributed by atoms with Gasteiger partial charge in [-0.25, -0.2) is 13.1 Å². The number of furan rings is 1. The van der Waals surface area contributed by atoms with Gasteiger partial charge < -0.3 is 4.42 Å². The number of carbonyl (C=O) groups excluding carboxylic acids is 2. The Morgan fingerprint density at radius 2 is 1.76 bits per heavy atom. The predicted octanol–water partition coefficient (Wildman–Crippen LogP) is 2.25. The third kappa shape index (κ3) is 5.31. The zero-order valence-corrected chi connectivity index (χ0v) is 17.1. The molecule has 2 aromatic heterocycles. The van der Waals surface area contributed by atoms with Gasteiger partial charge in [0.1, 0.15) is 5.76 Å². The second-order valence-corrected chi connectivity index (χ2v) is 8.85. The molecular weight excluding hydrogens is 414 g/mol. The molecule has 0 spiro atoms. The maximum Gasteiger partial charge on any atom is 0.273 e. The number of benzene rings is 1. The second-order valence-electron chi connectivity index (χ2n) is 6.05. The average Bonchev–Trinajstić information content (AvgIpc) is 3.37. The van der Waals surface area contributed by atoms with Crippen LogP contribution < -0.4 is 15.6 Å². The van der Waals surface area contributed by atoms with E-state index in [0.29, 0.717) is 17.7 Å². The van der Waals surface area contributed by atoms with Crippen LogP contribution >= 0.6 is 11.3 Å². The molecule has 2 amide bonds. The Bertz CT molecular complexity index is 1090. The molecule has 10 heteroatoms. The van der Waals surface area contributed by atoms with Gasteiger partial charge in [0.15, 0.2) is 0 Å². The van der Waals surface area contributed by atoms with E-state index >= 15 is 0 Å². The van der Waals surface area contributed by atoms with Gasteiger partial charge in [-0.05, 0) is 55.1 Å². The van der Waals surface area contributed by atoms with Gasteiger partial charge >= 0.3 is 0 Å². The van der Waals surface area contributed by atoms with E-state index < -0.39 is 21.8 Å². The third-order valence-electron chi connectivity index (χ3n) is 4.06. The van der Waals surface area contributed by atoms with Crippen molar-refractivity contribution in [2.45, 2.75) is 18.2 Å². The average molecular weight is 434 g/mol. The Kier molecular flexibility index (Phi) is 6.47. The Morgan fingerprint density at radius 1 is 1.03 bits per heavy atom. The quantitative estimate of drug-likeness (QED) is 0.494. The minimum absolute atomic E-state index is 0.0540. The van der Waals surface area contributed by atoms with Gasteiger partial charge in [0, 0.05) is 17.0 Å². The van der Waals surface area contributed by atoms with E-state index in [4.69, 9.17) is 4.42 Å². The molecule has 3 aromatic rings. The Labute approximate surface area is 172 Å². The molecule has 0 unspecified atom stereocenters. The number of carbonyl (C=O) groups is 2. The number of aryl methyl sites for hydroxylation is 1. The van der Waals surface area contributed by atoms with E-state index in [0.717, 1.165) is 4.88 Å². The number of hydrogen-bond donors (Lipinski definition) is 3. The van der Waals surface area contributed by atoms with Crippen LogP contribution in [0.4, 0.5) is 0 Å².